The highest BCUT2D eigenvalue weighted by Gasteiger charge is 2.16. The van der Waals surface area contributed by atoms with Crippen molar-refractivity contribution < 1.29 is 4.79 Å². The maximum Gasteiger partial charge on any atom is 0.277 e. The second-order valence-corrected chi connectivity index (χ2v) is 5.17. The minimum Gasteiger partial charge on any atom is -0.375 e. The average Bonchev–Trinajstić information content (AvgIpc) is 2.72. The molecule has 0 radical (unpaired) electrons. The number of amides is 1. The minimum atomic E-state index is -0.145. The number of thiazole rings is 1. The van der Waals surface area contributed by atoms with Gasteiger partial charge in [0.25, 0.3) is 5.91 Å². The Morgan fingerprint density at radius 2 is 1.89 bits per heavy atom. The first-order chi connectivity index (χ1) is 8.47. The van der Waals surface area contributed by atoms with Crippen molar-refractivity contribution in [2.75, 3.05) is 17.7 Å². The third-order valence-corrected chi connectivity index (χ3v) is 3.31. The Morgan fingerprint density at radius 1 is 1.28 bits per heavy atom. The van der Waals surface area contributed by atoms with Crippen LogP contribution in [0.3, 0.4) is 0 Å². The summed E-state index contributed by atoms with van der Waals surface area (Å²) < 4.78 is 0. The average molecular weight is 261 g/mol. The standard InChI is InChI=1S/C13H15N3OS/c1-8-4-9(2)6-10(5-8)16(3)12(17)11-7-18-13(14)15-11/h4-7H,1-3H3,(H2,14,15). The lowest BCUT2D eigenvalue weighted by Gasteiger charge is -2.17. The predicted molar refractivity (Wildman–Crippen MR) is 75.2 cm³/mol. The topological polar surface area (TPSA) is 59.2 Å². The summed E-state index contributed by atoms with van der Waals surface area (Å²) in [5.41, 5.74) is 9.05. The number of nitrogen functional groups attached to an aromatic ring is 1. The number of aryl methyl sites for hydroxylation is 2. The zero-order valence-electron chi connectivity index (χ0n) is 10.6. The van der Waals surface area contributed by atoms with E-state index in [4.69, 9.17) is 5.73 Å². The summed E-state index contributed by atoms with van der Waals surface area (Å²) in [4.78, 5) is 17.8. The molecule has 0 aliphatic rings. The van der Waals surface area contributed by atoms with Crippen LogP contribution in [0, 0.1) is 13.8 Å². The Morgan fingerprint density at radius 3 is 2.39 bits per heavy atom. The van der Waals surface area contributed by atoms with Gasteiger partial charge < -0.3 is 10.6 Å². The molecule has 0 saturated carbocycles. The molecule has 1 heterocycles. The summed E-state index contributed by atoms with van der Waals surface area (Å²) >= 11 is 1.27. The van der Waals surface area contributed by atoms with Crippen LogP contribution in [-0.2, 0) is 0 Å². The molecule has 1 aromatic carbocycles. The molecule has 1 amide bonds. The quantitative estimate of drug-likeness (QED) is 0.904. The molecule has 2 N–H and O–H groups in total. The summed E-state index contributed by atoms with van der Waals surface area (Å²) in [6.07, 6.45) is 0. The Labute approximate surface area is 110 Å². The summed E-state index contributed by atoms with van der Waals surface area (Å²) in [5.74, 6) is -0.145. The lowest BCUT2D eigenvalue weighted by atomic mass is 10.1. The normalized spacial score (nSPS) is 10.4. The second kappa shape index (κ2) is 4.78. The van der Waals surface area contributed by atoms with Crippen LogP contribution < -0.4 is 10.6 Å². The van der Waals surface area contributed by atoms with Crippen molar-refractivity contribution in [1.29, 1.82) is 0 Å². The van der Waals surface area contributed by atoms with E-state index in [0.717, 1.165) is 16.8 Å². The Hall–Kier alpha value is -1.88. The Balaban J connectivity index is 2.30. The largest absolute Gasteiger partial charge is 0.375 e. The molecular formula is C13H15N3OS. The number of carbonyl (C=O) groups excluding carboxylic acids is 1. The van der Waals surface area contributed by atoms with Crippen molar-refractivity contribution in [2.45, 2.75) is 13.8 Å². The van der Waals surface area contributed by atoms with Crippen molar-refractivity contribution in [3.63, 3.8) is 0 Å². The van der Waals surface area contributed by atoms with Crippen LogP contribution in [0.15, 0.2) is 23.6 Å². The van der Waals surface area contributed by atoms with E-state index in [1.165, 1.54) is 11.3 Å². The van der Waals surface area contributed by atoms with Gasteiger partial charge in [-0.05, 0) is 37.1 Å². The van der Waals surface area contributed by atoms with E-state index in [0.29, 0.717) is 10.8 Å². The van der Waals surface area contributed by atoms with E-state index in [1.807, 2.05) is 26.0 Å². The molecule has 0 bridgehead atoms. The van der Waals surface area contributed by atoms with Crippen molar-refractivity contribution in [2.24, 2.45) is 0 Å². The summed E-state index contributed by atoms with van der Waals surface area (Å²) in [5, 5.41) is 2.09. The molecule has 94 valence electrons. The van der Waals surface area contributed by atoms with E-state index in [-0.39, 0.29) is 5.91 Å². The molecule has 18 heavy (non-hydrogen) atoms. The monoisotopic (exact) mass is 261 g/mol. The van der Waals surface area contributed by atoms with Crippen molar-refractivity contribution in [3.05, 3.63) is 40.4 Å². The number of rotatable bonds is 2. The van der Waals surface area contributed by atoms with Crippen molar-refractivity contribution in [3.8, 4) is 0 Å². The van der Waals surface area contributed by atoms with Gasteiger partial charge in [-0.25, -0.2) is 4.98 Å². The van der Waals surface area contributed by atoms with Gasteiger partial charge in [0.2, 0.25) is 0 Å². The van der Waals surface area contributed by atoms with Gasteiger partial charge in [0.15, 0.2) is 5.13 Å². The molecule has 1 aromatic heterocycles. The third-order valence-electron chi connectivity index (χ3n) is 2.64. The molecule has 0 atom stereocenters. The van der Waals surface area contributed by atoms with Gasteiger partial charge in [0, 0.05) is 18.1 Å². The van der Waals surface area contributed by atoms with Crippen LogP contribution in [0.25, 0.3) is 0 Å². The molecule has 0 saturated heterocycles. The summed E-state index contributed by atoms with van der Waals surface area (Å²) in [6.45, 7) is 4.02. The summed E-state index contributed by atoms with van der Waals surface area (Å²) in [7, 11) is 1.74. The zero-order chi connectivity index (χ0) is 13.3. The highest BCUT2D eigenvalue weighted by atomic mass is 32.1. The van der Waals surface area contributed by atoms with Gasteiger partial charge in [-0.1, -0.05) is 6.07 Å². The number of nitrogens with zero attached hydrogens (tertiary/aromatic N) is 2. The van der Waals surface area contributed by atoms with E-state index in [1.54, 1.807) is 17.3 Å². The van der Waals surface area contributed by atoms with E-state index >= 15 is 0 Å². The summed E-state index contributed by atoms with van der Waals surface area (Å²) in [6, 6.07) is 6.02. The zero-order valence-corrected chi connectivity index (χ0v) is 11.4. The Bertz CT molecular complexity index is 571. The first kappa shape index (κ1) is 12.6. The smallest absolute Gasteiger partial charge is 0.277 e. The lowest BCUT2D eigenvalue weighted by Crippen LogP contribution is -2.26. The fraction of sp³-hybridized carbons (Fsp3) is 0.231. The number of aromatic nitrogens is 1. The predicted octanol–water partition coefficient (Wildman–Crippen LogP) is 2.62. The van der Waals surface area contributed by atoms with Gasteiger partial charge in [0.05, 0.1) is 0 Å². The molecule has 5 heteroatoms. The Kier molecular flexibility index (Phi) is 3.34. The number of benzene rings is 1. The molecule has 0 aliphatic heterocycles. The van der Waals surface area contributed by atoms with Gasteiger partial charge in [-0.15, -0.1) is 11.3 Å². The van der Waals surface area contributed by atoms with Crippen LogP contribution in [0.2, 0.25) is 0 Å². The molecular weight excluding hydrogens is 246 g/mol. The lowest BCUT2D eigenvalue weighted by molar-refractivity contribution is 0.0989. The number of hydrogen-bond donors (Lipinski definition) is 1. The van der Waals surface area contributed by atoms with Crippen molar-refractivity contribution in [1.82, 2.24) is 4.98 Å². The van der Waals surface area contributed by atoms with Crippen LogP contribution in [-0.4, -0.2) is 17.9 Å². The highest BCUT2D eigenvalue weighted by molar-refractivity contribution is 7.13. The minimum absolute atomic E-state index is 0.145. The first-order valence-electron chi connectivity index (χ1n) is 5.54. The van der Waals surface area contributed by atoms with E-state index in [9.17, 15) is 4.79 Å². The second-order valence-electron chi connectivity index (χ2n) is 4.28. The van der Waals surface area contributed by atoms with Crippen molar-refractivity contribution >= 4 is 28.1 Å². The highest BCUT2D eigenvalue weighted by Crippen LogP contribution is 2.20. The van der Waals surface area contributed by atoms with E-state index < -0.39 is 0 Å². The van der Waals surface area contributed by atoms with Crippen LogP contribution >= 0.6 is 11.3 Å². The molecule has 2 aromatic rings. The molecule has 0 aliphatic carbocycles. The molecule has 4 nitrogen and oxygen atoms in total. The molecule has 0 unspecified atom stereocenters. The van der Waals surface area contributed by atoms with Crippen LogP contribution in [0.4, 0.5) is 10.8 Å². The van der Waals surface area contributed by atoms with Crippen LogP contribution in [0.1, 0.15) is 21.6 Å². The SMILES string of the molecule is Cc1cc(C)cc(N(C)C(=O)c2csc(N)n2)c1. The third kappa shape index (κ3) is 2.51. The molecule has 0 spiro atoms. The maximum atomic E-state index is 12.2. The maximum absolute atomic E-state index is 12.2. The fourth-order valence-electron chi connectivity index (χ4n) is 1.82. The van der Waals surface area contributed by atoms with E-state index in [2.05, 4.69) is 11.1 Å². The number of anilines is 2. The molecule has 2 rings (SSSR count). The number of nitrogens with two attached hydrogens (primary N) is 1. The van der Waals surface area contributed by atoms with Crippen LogP contribution in [0.5, 0.6) is 0 Å². The molecule has 0 fully saturated rings. The fourth-order valence-corrected chi connectivity index (χ4v) is 2.36. The number of carbonyl (C=O) groups is 1. The van der Waals surface area contributed by atoms with Gasteiger partial charge in [0.1, 0.15) is 5.69 Å². The van der Waals surface area contributed by atoms with Gasteiger partial charge in [-0.3, -0.25) is 4.79 Å². The van der Waals surface area contributed by atoms with Gasteiger partial charge >= 0.3 is 0 Å². The van der Waals surface area contributed by atoms with Gasteiger partial charge in [-0.2, -0.15) is 0 Å². The first-order valence-corrected chi connectivity index (χ1v) is 6.42. The number of hydrogen-bond acceptors (Lipinski definition) is 4.